The number of benzene rings is 1. The number of aliphatic hydroxyl groups excluding tert-OH is 1. The average molecular weight is 674 g/mol. The molecule has 0 aliphatic carbocycles. The summed E-state index contributed by atoms with van der Waals surface area (Å²) in [6.45, 7) is 8.75. The fraction of sp³-hybridized carbons (Fsp3) is 0.837. The maximum Gasteiger partial charge on any atom is 0.255 e. The van der Waals surface area contributed by atoms with E-state index in [1.165, 1.54) is 185 Å². The van der Waals surface area contributed by atoms with E-state index in [0.717, 1.165) is 30.7 Å². The van der Waals surface area contributed by atoms with Gasteiger partial charge in [-0.15, -0.1) is 0 Å². The van der Waals surface area contributed by atoms with Crippen LogP contribution in [0.1, 0.15) is 199 Å². The van der Waals surface area contributed by atoms with Gasteiger partial charge in [-0.1, -0.05) is 168 Å². The summed E-state index contributed by atoms with van der Waals surface area (Å²) in [5, 5.41) is 10.2. The standard InChI is InChI=1S/C43H80N2O3/c1-3-5-7-9-11-13-15-17-19-21-23-25-27-29-35-45(37-38-46,39-41-31-33-42(34-32-41)48-40-43(44)47)36-30-28-26-24-22-20-18-16-14-12-10-8-6-4-2/h31-34,46H,3-30,35-40H2,1-2H3,(H-,44,47)/p+1. The summed E-state index contributed by atoms with van der Waals surface area (Å²) in [5.74, 6) is 0.218. The summed E-state index contributed by atoms with van der Waals surface area (Å²) >= 11 is 0. The first-order valence-electron chi connectivity index (χ1n) is 21.0. The molecule has 0 aromatic heterocycles. The van der Waals surface area contributed by atoms with Crippen molar-refractivity contribution in [1.82, 2.24) is 0 Å². The van der Waals surface area contributed by atoms with Gasteiger partial charge in [-0.2, -0.15) is 0 Å². The van der Waals surface area contributed by atoms with Crippen LogP contribution < -0.4 is 10.5 Å². The van der Waals surface area contributed by atoms with Crippen LogP contribution in [0.3, 0.4) is 0 Å². The van der Waals surface area contributed by atoms with Gasteiger partial charge in [-0.3, -0.25) is 4.79 Å². The van der Waals surface area contributed by atoms with Gasteiger partial charge < -0.3 is 20.1 Å². The maximum absolute atomic E-state index is 11.1. The third kappa shape index (κ3) is 26.3. The lowest BCUT2D eigenvalue weighted by Crippen LogP contribution is -2.50. The van der Waals surface area contributed by atoms with Crippen molar-refractivity contribution in [2.24, 2.45) is 5.73 Å². The maximum atomic E-state index is 11.1. The Kier molecular flexibility index (Phi) is 30.2. The van der Waals surface area contributed by atoms with Crippen LogP contribution in [0, 0.1) is 0 Å². The minimum atomic E-state index is -0.459. The number of primary amides is 1. The topological polar surface area (TPSA) is 72.6 Å². The van der Waals surface area contributed by atoms with Crippen molar-refractivity contribution >= 4 is 5.91 Å². The average Bonchev–Trinajstić information content (AvgIpc) is 3.08. The number of hydrogen-bond acceptors (Lipinski definition) is 3. The Balaban J connectivity index is 2.44. The van der Waals surface area contributed by atoms with E-state index < -0.39 is 5.91 Å². The van der Waals surface area contributed by atoms with E-state index >= 15 is 0 Å². The lowest BCUT2D eigenvalue weighted by atomic mass is 10.0. The normalized spacial score (nSPS) is 11.7. The first-order chi connectivity index (χ1) is 23.5. The lowest BCUT2D eigenvalue weighted by Gasteiger charge is -2.39. The fourth-order valence-electron chi connectivity index (χ4n) is 7.30. The number of rotatable bonds is 37. The highest BCUT2D eigenvalue weighted by Crippen LogP contribution is 2.22. The summed E-state index contributed by atoms with van der Waals surface area (Å²) in [7, 11) is 0. The number of nitrogens with zero attached hydrogens (tertiary/aromatic N) is 1. The predicted octanol–water partition coefficient (Wildman–Crippen LogP) is 11.8. The molecule has 0 saturated carbocycles. The van der Waals surface area contributed by atoms with Gasteiger partial charge in [-0.05, 0) is 49.9 Å². The Morgan fingerprint density at radius 2 is 0.875 bits per heavy atom. The number of aliphatic hydroxyl groups is 1. The van der Waals surface area contributed by atoms with Crippen LogP contribution in [0.4, 0.5) is 0 Å². The number of hydrogen-bond donors (Lipinski definition) is 2. The molecular formula is C43H81N2O3+. The van der Waals surface area contributed by atoms with Crippen LogP contribution in [0.2, 0.25) is 0 Å². The molecule has 0 spiro atoms. The Labute approximate surface area is 298 Å². The highest BCUT2D eigenvalue weighted by molar-refractivity contribution is 5.75. The van der Waals surface area contributed by atoms with E-state index in [4.69, 9.17) is 10.5 Å². The Bertz CT molecular complexity index is 796. The monoisotopic (exact) mass is 674 g/mol. The molecule has 0 aliphatic heterocycles. The number of ether oxygens (including phenoxy) is 1. The zero-order valence-corrected chi connectivity index (χ0v) is 32.1. The van der Waals surface area contributed by atoms with Crippen molar-refractivity contribution in [3.63, 3.8) is 0 Å². The number of unbranched alkanes of at least 4 members (excludes halogenated alkanes) is 26. The van der Waals surface area contributed by atoms with Crippen molar-refractivity contribution in [3.05, 3.63) is 29.8 Å². The van der Waals surface area contributed by atoms with Gasteiger partial charge in [0.25, 0.3) is 5.91 Å². The molecule has 0 radical (unpaired) electrons. The number of carbonyl (C=O) groups is 1. The van der Waals surface area contributed by atoms with Gasteiger partial charge in [0, 0.05) is 5.56 Å². The Morgan fingerprint density at radius 3 is 1.19 bits per heavy atom. The van der Waals surface area contributed by atoms with E-state index in [2.05, 4.69) is 26.0 Å². The molecule has 48 heavy (non-hydrogen) atoms. The minimum Gasteiger partial charge on any atom is -0.484 e. The Morgan fingerprint density at radius 1 is 0.542 bits per heavy atom. The second-order valence-corrected chi connectivity index (χ2v) is 15.0. The lowest BCUT2D eigenvalue weighted by molar-refractivity contribution is -0.941. The van der Waals surface area contributed by atoms with Crippen molar-refractivity contribution in [3.8, 4) is 5.75 Å². The molecule has 0 aliphatic rings. The van der Waals surface area contributed by atoms with Crippen molar-refractivity contribution in [1.29, 1.82) is 0 Å². The first-order valence-corrected chi connectivity index (χ1v) is 21.0. The molecule has 1 amide bonds. The van der Waals surface area contributed by atoms with Gasteiger partial charge in [0.1, 0.15) is 18.8 Å². The molecule has 5 heteroatoms. The SMILES string of the molecule is CCCCCCCCCCCCCCCC[N+](CCO)(CCCCCCCCCCCCCCCC)Cc1ccc(OCC(N)=O)cc1. The van der Waals surface area contributed by atoms with Gasteiger partial charge in [0.05, 0.1) is 19.7 Å². The quantitative estimate of drug-likeness (QED) is 0.0545. The summed E-state index contributed by atoms with van der Waals surface area (Å²) in [6, 6.07) is 8.14. The molecule has 280 valence electrons. The van der Waals surface area contributed by atoms with Gasteiger partial charge in [-0.25, -0.2) is 0 Å². The van der Waals surface area contributed by atoms with Crippen LogP contribution in [0.15, 0.2) is 24.3 Å². The predicted molar refractivity (Wildman–Crippen MR) is 207 cm³/mol. The molecular weight excluding hydrogens is 592 g/mol. The second-order valence-electron chi connectivity index (χ2n) is 15.0. The molecule has 0 unspecified atom stereocenters. The van der Waals surface area contributed by atoms with E-state index in [9.17, 15) is 9.90 Å². The number of carbonyl (C=O) groups excluding carboxylic acids is 1. The molecule has 0 bridgehead atoms. The molecule has 3 N–H and O–H groups in total. The molecule has 1 aromatic rings. The Hall–Kier alpha value is -1.59. The smallest absolute Gasteiger partial charge is 0.255 e. The summed E-state index contributed by atoms with van der Waals surface area (Å²) in [4.78, 5) is 11.1. The van der Waals surface area contributed by atoms with Crippen LogP contribution in [-0.4, -0.2) is 48.3 Å². The molecule has 1 rings (SSSR count). The molecule has 5 nitrogen and oxygen atoms in total. The van der Waals surface area contributed by atoms with Crippen LogP contribution in [0.25, 0.3) is 0 Å². The van der Waals surface area contributed by atoms with E-state index in [1.807, 2.05) is 12.1 Å². The van der Waals surface area contributed by atoms with Gasteiger partial charge in [0.2, 0.25) is 0 Å². The van der Waals surface area contributed by atoms with Crippen molar-refractivity contribution in [2.75, 3.05) is 32.8 Å². The molecule has 0 heterocycles. The second kappa shape index (κ2) is 32.6. The van der Waals surface area contributed by atoms with Crippen LogP contribution >= 0.6 is 0 Å². The minimum absolute atomic E-state index is 0.0951. The van der Waals surface area contributed by atoms with Crippen LogP contribution in [-0.2, 0) is 11.3 Å². The fourth-order valence-corrected chi connectivity index (χ4v) is 7.30. The highest BCUT2D eigenvalue weighted by Gasteiger charge is 2.26. The largest absolute Gasteiger partial charge is 0.484 e. The molecule has 0 saturated heterocycles. The summed E-state index contributed by atoms with van der Waals surface area (Å²) in [5.41, 5.74) is 6.52. The summed E-state index contributed by atoms with van der Waals surface area (Å²) in [6.07, 6.45) is 38.6. The highest BCUT2D eigenvalue weighted by atomic mass is 16.5. The number of quaternary nitrogens is 1. The molecule has 0 fully saturated rings. The molecule has 0 atom stereocenters. The van der Waals surface area contributed by atoms with E-state index in [-0.39, 0.29) is 13.2 Å². The van der Waals surface area contributed by atoms with Gasteiger partial charge >= 0.3 is 0 Å². The number of nitrogens with two attached hydrogens (primary N) is 1. The third-order valence-electron chi connectivity index (χ3n) is 10.4. The van der Waals surface area contributed by atoms with Gasteiger partial charge in [0.15, 0.2) is 6.61 Å². The van der Waals surface area contributed by atoms with E-state index in [0.29, 0.717) is 5.75 Å². The number of amides is 1. The van der Waals surface area contributed by atoms with Crippen molar-refractivity contribution in [2.45, 2.75) is 200 Å². The van der Waals surface area contributed by atoms with E-state index in [1.54, 1.807) is 0 Å². The third-order valence-corrected chi connectivity index (χ3v) is 10.4. The summed E-state index contributed by atoms with van der Waals surface area (Å²) < 4.78 is 6.46. The zero-order valence-electron chi connectivity index (χ0n) is 32.1. The molecule has 1 aromatic carbocycles. The zero-order chi connectivity index (χ0) is 34.8. The van der Waals surface area contributed by atoms with Crippen molar-refractivity contribution < 1.29 is 19.1 Å². The van der Waals surface area contributed by atoms with Crippen LogP contribution in [0.5, 0.6) is 5.75 Å². The first kappa shape index (κ1) is 44.4.